The third-order valence-corrected chi connectivity index (χ3v) is 7.51. The Hall–Kier alpha value is -2.72. The molecule has 6 nitrogen and oxygen atoms in total. The summed E-state index contributed by atoms with van der Waals surface area (Å²) >= 11 is 10.6. The summed E-state index contributed by atoms with van der Waals surface area (Å²) in [5.41, 5.74) is 1.56. The molecule has 1 aliphatic heterocycles. The topological polar surface area (TPSA) is 71.0 Å². The Balaban J connectivity index is 1.56. The summed E-state index contributed by atoms with van der Waals surface area (Å²) in [7, 11) is 1.53. The number of hydrogen-bond acceptors (Lipinski definition) is 7. The molecule has 10 heteroatoms. The Kier molecular flexibility index (Phi) is 7.99. The van der Waals surface area contributed by atoms with E-state index in [1.807, 2.05) is 48.0 Å². The average molecular weight is 530 g/mol. The monoisotopic (exact) mass is 529 g/mol. The molecule has 0 unspecified atom stereocenters. The third kappa shape index (κ3) is 5.67. The van der Waals surface area contributed by atoms with Gasteiger partial charge in [-0.05, 0) is 60.2 Å². The standard InChI is InChI=1S/C24H20ClN3O3S3/c1-31-21-9-8-16(12-19(21)25)28-23(30)20(13-18-7-4-10-33-18)27-24(28)34-14-22(29)26-15-5-3-6-17(11-15)32-2/h3-13H,14H2,1-2H3,(H,26,29)/b20-13+. The van der Waals surface area contributed by atoms with Gasteiger partial charge in [0.25, 0.3) is 5.91 Å². The van der Waals surface area contributed by atoms with Crippen LogP contribution in [0.5, 0.6) is 5.75 Å². The summed E-state index contributed by atoms with van der Waals surface area (Å²) < 4.78 is 5.22. The van der Waals surface area contributed by atoms with Crippen molar-refractivity contribution in [2.75, 3.05) is 29.3 Å². The number of amides is 2. The molecular formula is C24H20ClN3O3S3. The Morgan fingerprint density at radius 3 is 2.79 bits per heavy atom. The first kappa shape index (κ1) is 24.4. The summed E-state index contributed by atoms with van der Waals surface area (Å²) in [6.45, 7) is 0. The first-order chi connectivity index (χ1) is 16.5. The molecule has 2 heterocycles. The number of amidine groups is 1. The highest BCUT2D eigenvalue weighted by atomic mass is 35.5. The number of halogens is 1. The van der Waals surface area contributed by atoms with Crippen LogP contribution in [0.4, 0.5) is 11.4 Å². The number of thioether (sulfide) groups is 2. The fraction of sp³-hybridized carbons (Fsp3) is 0.125. The van der Waals surface area contributed by atoms with Crippen molar-refractivity contribution in [3.8, 4) is 5.75 Å². The maximum Gasteiger partial charge on any atom is 0.283 e. The highest BCUT2D eigenvalue weighted by Gasteiger charge is 2.33. The number of ether oxygens (including phenoxy) is 1. The minimum Gasteiger partial charge on any atom is -0.495 e. The van der Waals surface area contributed by atoms with E-state index < -0.39 is 0 Å². The van der Waals surface area contributed by atoms with Crippen LogP contribution in [0.3, 0.4) is 0 Å². The van der Waals surface area contributed by atoms with Crippen LogP contribution in [0, 0.1) is 0 Å². The molecule has 0 spiro atoms. The second kappa shape index (κ2) is 11.1. The van der Waals surface area contributed by atoms with E-state index >= 15 is 0 Å². The third-order valence-electron chi connectivity index (χ3n) is 4.73. The van der Waals surface area contributed by atoms with Crippen molar-refractivity contribution in [1.82, 2.24) is 0 Å². The SMILES string of the molecule is COc1ccc(N2C(=O)/C(=C\c3cccs3)N=C2SCC(=O)Nc2cccc(SC)c2)cc1Cl. The van der Waals surface area contributed by atoms with Gasteiger partial charge in [-0.25, -0.2) is 4.99 Å². The average Bonchev–Trinajstić information content (AvgIpc) is 3.46. The van der Waals surface area contributed by atoms with Crippen LogP contribution in [0.1, 0.15) is 4.88 Å². The number of carbonyl (C=O) groups is 2. The second-order valence-electron chi connectivity index (χ2n) is 6.97. The van der Waals surface area contributed by atoms with E-state index in [0.29, 0.717) is 27.3 Å². The molecule has 2 amide bonds. The van der Waals surface area contributed by atoms with Crippen LogP contribution in [0.2, 0.25) is 5.02 Å². The lowest BCUT2D eigenvalue weighted by molar-refractivity contribution is -0.114. The van der Waals surface area contributed by atoms with E-state index in [2.05, 4.69) is 10.3 Å². The van der Waals surface area contributed by atoms with E-state index in [1.165, 1.54) is 35.1 Å². The lowest BCUT2D eigenvalue weighted by atomic mass is 10.2. The van der Waals surface area contributed by atoms with E-state index in [9.17, 15) is 9.59 Å². The summed E-state index contributed by atoms with van der Waals surface area (Å²) in [5.74, 6) is 0.110. The lowest BCUT2D eigenvalue weighted by Crippen LogP contribution is -2.31. The molecule has 3 aromatic rings. The van der Waals surface area contributed by atoms with Crippen molar-refractivity contribution in [3.05, 3.63) is 75.6 Å². The summed E-state index contributed by atoms with van der Waals surface area (Å²) in [6, 6.07) is 16.5. The number of nitrogens with one attached hydrogen (secondary N) is 1. The van der Waals surface area contributed by atoms with Gasteiger partial charge in [0.2, 0.25) is 5.91 Å². The fourth-order valence-corrected chi connectivity index (χ4v) is 5.33. The van der Waals surface area contributed by atoms with Gasteiger partial charge >= 0.3 is 0 Å². The normalized spacial score (nSPS) is 14.4. The van der Waals surface area contributed by atoms with Gasteiger partial charge in [0, 0.05) is 15.5 Å². The summed E-state index contributed by atoms with van der Waals surface area (Å²) in [4.78, 5) is 33.9. The van der Waals surface area contributed by atoms with Crippen molar-refractivity contribution in [2.24, 2.45) is 4.99 Å². The van der Waals surface area contributed by atoms with Crippen molar-refractivity contribution < 1.29 is 14.3 Å². The number of thiophene rings is 1. The van der Waals surface area contributed by atoms with Gasteiger partial charge < -0.3 is 10.1 Å². The van der Waals surface area contributed by atoms with E-state index in [4.69, 9.17) is 16.3 Å². The van der Waals surface area contributed by atoms with Crippen LogP contribution in [-0.2, 0) is 9.59 Å². The number of rotatable bonds is 7. The first-order valence-electron chi connectivity index (χ1n) is 10.1. The molecule has 174 valence electrons. The summed E-state index contributed by atoms with van der Waals surface area (Å²) in [6.07, 6.45) is 3.72. The zero-order valence-corrected chi connectivity index (χ0v) is 21.5. The van der Waals surface area contributed by atoms with Gasteiger partial charge in [-0.1, -0.05) is 35.5 Å². The molecule has 0 aliphatic carbocycles. The number of anilines is 2. The van der Waals surface area contributed by atoms with Crippen molar-refractivity contribution in [3.63, 3.8) is 0 Å². The molecule has 4 rings (SSSR count). The van der Waals surface area contributed by atoms with Crippen LogP contribution in [0.25, 0.3) is 6.08 Å². The van der Waals surface area contributed by atoms with Crippen molar-refractivity contribution in [2.45, 2.75) is 4.90 Å². The fourth-order valence-electron chi connectivity index (χ4n) is 3.15. The van der Waals surface area contributed by atoms with Gasteiger partial charge in [0.1, 0.15) is 11.4 Å². The van der Waals surface area contributed by atoms with Gasteiger partial charge in [-0.3, -0.25) is 14.5 Å². The first-order valence-corrected chi connectivity index (χ1v) is 13.5. The molecule has 1 aliphatic rings. The molecule has 0 saturated carbocycles. The molecule has 1 aromatic heterocycles. The second-order valence-corrected chi connectivity index (χ2v) is 10.2. The zero-order valence-electron chi connectivity index (χ0n) is 18.3. The van der Waals surface area contributed by atoms with Gasteiger partial charge in [0.05, 0.1) is 23.6 Å². The molecule has 0 saturated heterocycles. The molecule has 0 radical (unpaired) electrons. The predicted octanol–water partition coefficient (Wildman–Crippen LogP) is 6.25. The maximum absolute atomic E-state index is 13.3. The zero-order chi connectivity index (χ0) is 24.1. The van der Waals surface area contributed by atoms with Crippen LogP contribution in [-0.4, -0.2) is 36.1 Å². The maximum atomic E-state index is 13.3. The number of nitrogens with zero attached hydrogens (tertiary/aromatic N) is 2. The highest BCUT2D eigenvalue weighted by Crippen LogP contribution is 2.34. The number of hydrogen-bond donors (Lipinski definition) is 1. The minimum atomic E-state index is -0.287. The lowest BCUT2D eigenvalue weighted by Gasteiger charge is -2.18. The van der Waals surface area contributed by atoms with Crippen molar-refractivity contribution >= 4 is 80.9 Å². The van der Waals surface area contributed by atoms with Crippen LogP contribution < -0.4 is 15.0 Å². The highest BCUT2D eigenvalue weighted by molar-refractivity contribution is 8.14. The van der Waals surface area contributed by atoms with Gasteiger partial charge in [-0.2, -0.15) is 0 Å². The number of aliphatic imine (C=N–C) groups is 1. The Bertz CT molecular complexity index is 1280. The number of carbonyl (C=O) groups excluding carboxylic acids is 2. The van der Waals surface area contributed by atoms with Crippen molar-refractivity contribution in [1.29, 1.82) is 0 Å². The van der Waals surface area contributed by atoms with E-state index in [0.717, 1.165) is 15.5 Å². The molecule has 34 heavy (non-hydrogen) atoms. The predicted molar refractivity (Wildman–Crippen MR) is 145 cm³/mol. The molecule has 1 N–H and O–H groups in total. The Labute approximate surface area is 215 Å². The molecule has 0 fully saturated rings. The number of benzene rings is 2. The Morgan fingerprint density at radius 1 is 1.24 bits per heavy atom. The molecular weight excluding hydrogens is 510 g/mol. The largest absolute Gasteiger partial charge is 0.495 e. The van der Waals surface area contributed by atoms with E-state index in [-0.39, 0.29) is 17.6 Å². The minimum absolute atomic E-state index is 0.0856. The number of methoxy groups -OCH3 is 1. The van der Waals surface area contributed by atoms with Crippen LogP contribution in [0.15, 0.2) is 75.6 Å². The van der Waals surface area contributed by atoms with Crippen LogP contribution >= 0.6 is 46.5 Å². The van der Waals surface area contributed by atoms with E-state index in [1.54, 1.807) is 36.0 Å². The van der Waals surface area contributed by atoms with Gasteiger partial charge in [-0.15, -0.1) is 23.1 Å². The smallest absolute Gasteiger partial charge is 0.283 e. The quantitative estimate of drug-likeness (QED) is 0.289. The molecule has 0 bridgehead atoms. The molecule has 2 aromatic carbocycles. The summed E-state index contributed by atoms with van der Waals surface area (Å²) in [5, 5.41) is 5.61. The Morgan fingerprint density at radius 2 is 2.09 bits per heavy atom. The van der Waals surface area contributed by atoms with Gasteiger partial charge in [0.15, 0.2) is 5.17 Å². The molecule has 0 atom stereocenters.